The lowest BCUT2D eigenvalue weighted by molar-refractivity contribution is -0.120. The number of H-pyrrole nitrogens is 1. The highest BCUT2D eigenvalue weighted by atomic mass is 16.2. The Bertz CT molecular complexity index is 1410. The van der Waals surface area contributed by atoms with Gasteiger partial charge in [-0.2, -0.15) is 5.11 Å². The number of carbonyl (C=O) groups excluding carboxylic acids is 2. The molecule has 0 bridgehead atoms. The Hall–Kier alpha value is -4.59. The van der Waals surface area contributed by atoms with E-state index in [4.69, 9.17) is 10.5 Å². The Morgan fingerprint density at radius 2 is 1.80 bits per heavy atom. The van der Waals surface area contributed by atoms with Crippen LogP contribution in [0.4, 0.5) is 5.69 Å². The van der Waals surface area contributed by atoms with Crippen LogP contribution in [0.15, 0.2) is 95.0 Å². The molecule has 2 amide bonds. The number of nitrogens with one attached hydrogen (secondary N) is 3. The lowest BCUT2D eigenvalue weighted by atomic mass is 10.00. The fourth-order valence-electron chi connectivity index (χ4n) is 4.24. The van der Waals surface area contributed by atoms with E-state index >= 15 is 0 Å². The lowest BCUT2D eigenvalue weighted by Gasteiger charge is -2.26. The first-order chi connectivity index (χ1) is 17.0. The quantitative estimate of drug-likeness (QED) is 0.364. The van der Waals surface area contributed by atoms with Gasteiger partial charge in [0.15, 0.2) is 0 Å². The van der Waals surface area contributed by atoms with E-state index in [1.165, 1.54) is 0 Å². The highest BCUT2D eigenvalue weighted by Gasteiger charge is 2.34. The number of hydrogen-bond acceptors (Lipinski definition) is 5. The third-order valence-electron chi connectivity index (χ3n) is 5.96. The number of amides is 2. The van der Waals surface area contributed by atoms with E-state index in [0.29, 0.717) is 17.1 Å². The second kappa shape index (κ2) is 9.34. The highest BCUT2D eigenvalue weighted by molar-refractivity contribution is 6.20. The van der Waals surface area contributed by atoms with Gasteiger partial charge in [-0.1, -0.05) is 66.7 Å². The monoisotopic (exact) mass is 464 g/mol. The Morgan fingerprint density at radius 1 is 1.09 bits per heavy atom. The number of aliphatic imine (C=N–C) groups is 1. The SMILES string of the molecule is CC(CN1C(=O)C(NC(=O)c2cc3ccccc3[nH]2)N=C(c2ccccc2)c2ccccc21)N=N. The highest BCUT2D eigenvalue weighted by Crippen LogP contribution is 2.29. The van der Waals surface area contributed by atoms with Crippen molar-refractivity contribution in [1.29, 1.82) is 5.53 Å². The molecule has 1 aromatic heterocycles. The van der Waals surface area contributed by atoms with Crippen molar-refractivity contribution in [3.05, 3.63) is 102 Å². The number of aromatic nitrogens is 1. The van der Waals surface area contributed by atoms with Crippen LogP contribution in [-0.2, 0) is 4.79 Å². The molecule has 1 aliphatic rings. The number of nitrogens with zero attached hydrogens (tertiary/aromatic N) is 3. The van der Waals surface area contributed by atoms with E-state index in [9.17, 15) is 9.59 Å². The minimum absolute atomic E-state index is 0.190. The number of fused-ring (bicyclic) bond motifs is 2. The van der Waals surface area contributed by atoms with Gasteiger partial charge in [-0.15, -0.1) is 0 Å². The molecule has 2 unspecified atom stereocenters. The third-order valence-corrected chi connectivity index (χ3v) is 5.96. The molecule has 8 nitrogen and oxygen atoms in total. The molecule has 0 spiro atoms. The fourth-order valence-corrected chi connectivity index (χ4v) is 4.24. The van der Waals surface area contributed by atoms with E-state index in [1.54, 1.807) is 17.9 Å². The summed E-state index contributed by atoms with van der Waals surface area (Å²) >= 11 is 0. The zero-order valence-corrected chi connectivity index (χ0v) is 19.1. The predicted molar refractivity (Wildman–Crippen MR) is 135 cm³/mol. The standard InChI is InChI=1S/C27H24N6O2/c1-17(32-28)16-33-23-14-8-6-12-20(23)24(18-9-3-2-4-10-18)30-25(27(33)35)31-26(34)22-15-19-11-5-7-13-21(19)29-22/h2-15,17,25,28-29H,16H2,1H3,(H,31,34). The summed E-state index contributed by atoms with van der Waals surface area (Å²) in [4.78, 5) is 36.4. The Morgan fingerprint density at radius 3 is 2.57 bits per heavy atom. The molecule has 0 radical (unpaired) electrons. The van der Waals surface area contributed by atoms with Crippen molar-refractivity contribution in [2.75, 3.05) is 11.4 Å². The van der Waals surface area contributed by atoms with Gasteiger partial charge < -0.3 is 15.2 Å². The number of para-hydroxylation sites is 2. The number of benzene rings is 3. The average molecular weight is 465 g/mol. The molecule has 3 N–H and O–H groups in total. The van der Waals surface area contributed by atoms with Gasteiger partial charge in [-0.3, -0.25) is 9.59 Å². The summed E-state index contributed by atoms with van der Waals surface area (Å²) in [5, 5.41) is 7.30. The fraction of sp³-hybridized carbons (Fsp3) is 0.148. The van der Waals surface area contributed by atoms with Gasteiger partial charge in [0.1, 0.15) is 5.69 Å². The molecule has 5 rings (SSSR count). The Balaban J connectivity index is 1.59. The minimum atomic E-state index is -1.16. The van der Waals surface area contributed by atoms with Crippen molar-refractivity contribution in [3.8, 4) is 0 Å². The summed E-state index contributed by atoms with van der Waals surface area (Å²) in [6.07, 6.45) is -1.16. The van der Waals surface area contributed by atoms with Crippen molar-refractivity contribution in [1.82, 2.24) is 10.3 Å². The molecule has 174 valence electrons. The number of rotatable bonds is 6. The summed E-state index contributed by atoms with van der Waals surface area (Å²) in [5.41, 5.74) is 11.5. The molecule has 4 aromatic rings. The van der Waals surface area contributed by atoms with Gasteiger partial charge >= 0.3 is 0 Å². The third kappa shape index (κ3) is 4.33. The second-order valence-electron chi connectivity index (χ2n) is 8.43. The maximum atomic E-state index is 13.8. The van der Waals surface area contributed by atoms with Crippen molar-refractivity contribution < 1.29 is 9.59 Å². The Labute approximate surface area is 202 Å². The van der Waals surface area contributed by atoms with Crippen LogP contribution in [0.3, 0.4) is 0 Å². The van der Waals surface area contributed by atoms with Crippen LogP contribution in [0.5, 0.6) is 0 Å². The number of hydrogen-bond donors (Lipinski definition) is 3. The first-order valence-corrected chi connectivity index (χ1v) is 11.3. The van der Waals surface area contributed by atoms with Gasteiger partial charge in [-0.25, -0.2) is 10.5 Å². The summed E-state index contributed by atoms with van der Waals surface area (Å²) < 4.78 is 0. The van der Waals surface area contributed by atoms with Crippen LogP contribution in [0.2, 0.25) is 0 Å². The lowest BCUT2D eigenvalue weighted by Crippen LogP contribution is -2.49. The van der Waals surface area contributed by atoms with E-state index in [2.05, 4.69) is 15.4 Å². The molecule has 0 saturated carbocycles. The van der Waals surface area contributed by atoms with E-state index < -0.39 is 18.1 Å². The molecular formula is C27H24N6O2. The van der Waals surface area contributed by atoms with E-state index in [-0.39, 0.29) is 12.5 Å². The summed E-state index contributed by atoms with van der Waals surface area (Å²) in [5.74, 6) is -0.816. The van der Waals surface area contributed by atoms with Crippen LogP contribution < -0.4 is 10.2 Å². The zero-order valence-electron chi connectivity index (χ0n) is 19.1. The van der Waals surface area contributed by atoms with E-state index in [0.717, 1.165) is 22.0 Å². The van der Waals surface area contributed by atoms with Crippen molar-refractivity contribution in [3.63, 3.8) is 0 Å². The van der Waals surface area contributed by atoms with Crippen LogP contribution >= 0.6 is 0 Å². The smallest absolute Gasteiger partial charge is 0.272 e. The maximum absolute atomic E-state index is 13.8. The summed E-state index contributed by atoms with van der Waals surface area (Å²) in [7, 11) is 0. The van der Waals surface area contributed by atoms with Crippen molar-refractivity contribution in [2.24, 2.45) is 10.1 Å². The van der Waals surface area contributed by atoms with Crippen molar-refractivity contribution in [2.45, 2.75) is 19.1 Å². The minimum Gasteiger partial charge on any atom is -0.351 e. The topological polar surface area (TPSA) is 114 Å². The summed E-state index contributed by atoms with van der Waals surface area (Å²) in [6.45, 7) is 1.96. The number of anilines is 1. The van der Waals surface area contributed by atoms with Gasteiger partial charge in [0, 0.05) is 28.6 Å². The summed E-state index contributed by atoms with van der Waals surface area (Å²) in [6, 6.07) is 26.0. The van der Waals surface area contributed by atoms with Crippen LogP contribution in [0, 0.1) is 5.53 Å². The van der Waals surface area contributed by atoms with Crippen LogP contribution in [0.25, 0.3) is 10.9 Å². The first kappa shape index (κ1) is 22.2. The zero-order chi connectivity index (χ0) is 24.4. The van der Waals surface area contributed by atoms with Gasteiger partial charge in [0.2, 0.25) is 6.17 Å². The van der Waals surface area contributed by atoms with Gasteiger partial charge in [0.25, 0.3) is 11.8 Å². The largest absolute Gasteiger partial charge is 0.351 e. The van der Waals surface area contributed by atoms with Crippen molar-refractivity contribution >= 4 is 34.1 Å². The number of aromatic amines is 1. The molecule has 35 heavy (non-hydrogen) atoms. The number of benzodiazepines with no additional fused rings is 1. The molecule has 0 fully saturated rings. The molecule has 2 heterocycles. The van der Waals surface area contributed by atoms with Gasteiger partial charge in [0.05, 0.1) is 17.4 Å². The molecule has 1 aliphatic heterocycles. The molecule has 0 aliphatic carbocycles. The molecular weight excluding hydrogens is 440 g/mol. The average Bonchev–Trinajstić information content (AvgIpc) is 3.30. The maximum Gasteiger partial charge on any atom is 0.272 e. The molecule has 2 atom stereocenters. The second-order valence-corrected chi connectivity index (χ2v) is 8.43. The molecule has 0 saturated heterocycles. The van der Waals surface area contributed by atoms with E-state index in [1.807, 2.05) is 78.9 Å². The molecule has 3 aromatic carbocycles. The van der Waals surface area contributed by atoms with Crippen LogP contribution in [0.1, 0.15) is 28.5 Å². The normalized spacial score (nSPS) is 16.3. The van der Waals surface area contributed by atoms with Crippen LogP contribution in [-0.4, -0.2) is 41.3 Å². The first-order valence-electron chi connectivity index (χ1n) is 11.3. The van der Waals surface area contributed by atoms with Gasteiger partial charge in [-0.05, 0) is 25.1 Å². The predicted octanol–water partition coefficient (Wildman–Crippen LogP) is 4.53. The number of carbonyl (C=O) groups is 2. The Kier molecular flexibility index (Phi) is 5.93. The molecule has 8 heteroatoms.